The van der Waals surface area contributed by atoms with E-state index >= 15 is 0 Å². The number of nitrogens with one attached hydrogen (secondary N) is 1. The van der Waals surface area contributed by atoms with Crippen LogP contribution in [0.25, 0.3) is 10.9 Å². The quantitative estimate of drug-likeness (QED) is 0.842. The van der Waals surface area contributed by atoms with E-state index in [0.29, 0.717) is 18.4 Å². The number of Topliss-reactive ketones (excluding diaryl/α,β-unsaturated/α-hetero) is 1. The number of carbonyl (C=O) groups excluding carboxylic acids is 1. The van der Waals surface area contributed by atoms with E-state index in [1.165, 1.54) is 0 Å². The molecule has 1 aliphatic carbocycles. The minimum absolute atomic E-state index is 0.0354. The molecule has 2 unspecified atom stereocenters. The van der Waals surface area contributed by atoms with E-state index in [-0.39, 0.29) is 11.7 Å². The van der Waals surface area contributed by atoms with E-state index in [1.54, 1.807) is 6.20 Å². The van der Waals surface area contributed by atoms with Crippen molar-refractivity contribution in [1.82, 2.24) is 4.98 Å². The number of benzene rings is 1. The fourth-order valence-electron chi connectivity index (χ4n) is 3.21. The van der Waals surface area contributed by atoms with Gasteiger partial charge in [-0.2, -0.15) is 0 Å². The highest BCUT2D eigenvalue weighted by molar-refractivity contribution is 6.10. The van der Waals surface area contributed by atoms with Gasteiger partial charge in [-0.25, -0.2) is 0 Å². The van der Waals surface area contributed by atoms with Crippen LogP contribution < -0.4 is 0 Å². The van der Waals surface area contributed by atoms with Gasteiger partial charge in [0.15, 0.2) is 5.78 Å². The Morgan fingerprint density at radius 2 is 2.00 bits per heavy atom. The molecular weight excluding hydrogens is 254 g/mol. The molecule has 2 N–H and O–H groups in total. The summed E-state index contributed by atoms with van der Waals surface area (Å²) in [5.74, 6) is -1.80. The summed E-state index contributed by atoms with van der Waals surface area (Å²) in [6.07, 6.45) is 3.81. The third-order valence-electron chi connectivity index (χ3n) is 4.27. The third kappa shape index (κ3) is 2.01. The minimum Gasteiger partial charge on any atom is -0.481 e. The first-order valence-electron chi connectivity index (χ1n) is 6.92. The second-order valence-electron chi connectivity index (χ2n) is 5.60. The van der Waals surface area contributed by atoms with Crippen LogP contribution >= 0.6 is 0 Å². The van der Waals surface area contributed by atoms with Gasteiger partial charge >= 0.3 is 5.97 Å². The summed E-state index contributed by atoms with van der Waals surface area (Å²) in [6, 6.07) is 5.91. The maximum Gasteiger partial charge on any atom is 0.307 e. The Kier molecular flexibility index (Phi) is 3.08. The van der Waals surface area contributed by atoms with Gasteiger partial charge in [0, 0.05) is 28.6 Å². The fourth-order valence-corrected chi connectivity index (χ4v) is 3.21. The van der Waals surface area contributed by atoms with Gasteiger partial charge in [-0.3, -0.25) is 9.59 Å². The number of fused-ring (bicyclic) bond motifs is 1. The Morgan fingerprint density at radius 3 is 2.75 bits per heavy atom. The molecule has 0 spiro atoms. The number of aliphatic carboxylic acids is 1. The number of carboxylic acid groups (broad SMARTS) is 1. The highest BCUT2D eigenvalue weighted by Crippen LogP contribution is 2.35. The molecule has 0 amide bonds. The van der Waals surface area contributed by atoms with Crippen molar-refractivity contribution in [3.05, 3.63) is 35.5 Å². The van der Waals surface area contributed by atoms with Crippen LogP contribution in [-0.4, -0.2) is 21.8 Å². The highest BCUT2D eigenvalue weighted by atomic mass is 16.4. The zero-order valence-electron chi connectivity index (χ0n) is 11.3. The molecule has 0 bridgehead atoms. The fraction of sp³-hybridized carbons (Fsp3) is 0.375. The Morgan fingerprint density at radius 1 is 1.25 bits per heavy atom. The van der Waals surface area contributed by atoms with Crippen LogP contribution in [0.2, 0.25) is 0 Å². The summed E-state index contributed by atoms with van der Waals surface area (Å²) < 4.78 is 0. The number of rotatable bonds is 3. The molecule has 104 valence electrons. The molecule has 1 aliphatic rings. The number of carbonyl (C=O) groups is 2. The molecule has 0 saturated heterocycles. The van der Waals surface area contributed by atoms with E-state index < -0.39 is 11.9 Å². The minimum atomic E-state index is -0.850. The van der Waals surface area contributed by atoms with Gasteiger partial charge in [-0.05, 0) is 31.9 Å². The first-order valence-corrected chi connectivity index (χ1v) is 6.92. The molecule has 0 radical (unpaired) electrons. The van der Waals surface area contributed by atoms with E-state index in [1.807, 2.05) is 25.1 Å². The molecule has 1 saturated carbocycles. The Bertz CT molecular complexity index is 686. The van der Waals surface area contributed by atoms with Gasteiger partial charge in [0.2, 0.25) is 0 Å². The summed E-state index contributed by atoms with van der Waals surface area (Å²) in [5.41, 5.74) is 2.64. The molecule has 4 heteroatoms. The number of hydrogen-bond acceptors (Lipinski definition) is 2. The van der Waals surface area contributed by atoms with Crippen LogP contribution in [0.4, 0.5) is 0 Å². The standard InChI is InChI=1S/C16H17NO3/c1-9-5-6-14-12(7-9)13(8-17-14)15(18)10-3-2-4-11(10)16(19)20/h5-8,10-11,17H,2-4H2,1H3,(H,19,20). The second-order valence-corrected chi connectivity index (χ2v) is 5.60. The monoisotopic (exact) mass is 271 g/mol. The highest BCUT2D eigenvalue weighted by Gasteiger charge is 2.38. The average Bonchev–Trinajstić information content (AvgIpc) is 3.04. The molecule has 1 heterocycles. The number of carboxylic acids is 1. The molecule has 2 aromatic rings. The van der Waals surface area contributed by atoms with Gasteiger partial charge < -0.3 is 10.1 Å². The predicted octanol–water partition coefficient (Wildman–Crippen LogP) is 3.16. The van der Waals surface area contributed by atoms with Gasteiger partial charge in [0.1, 0.15) is 0 Å². The van der Waals surface area contributed by atoms with Gasteiger partial charge in [-0.15, -0.1) is 0 Å². The Hall–Kier alpha value is -2.10. The summed E-state index contributed by atoms with van der Waals surface area (Å²) in [7, 11) is 0. The van der Waals surface area contributed by atoms with Gasteiger partial charge in [0.25, 0.3) is 0 Å². The van der Waals surface area contributed by atoms with Crippen molar-refractivity contribution < 1.29 is 14.7 Å². The van der Waals surface area contributed by atoms with Crippen molar-refractivity contribution in [2.24, 2.45) is 11.8 Å². The van der Waals surface area contributed by atoms with Crippen LogP contribution in [0.15, 0.2) is 24.4 Å². The zero-order valence-corrected chi connectivity index (χ0v) is 11.3. The van der Waals surface area contributed by atoms with E-state index in [0.717, 1.165) is 22.9 Å². The smallest absolute Gasteiger partial charge is 0.307 e. The predicted molar refractivity (Wildman–Crippen MR) is 75.8 cm³/mol. The number of H-pyrrole nitrogens is 1. The van der Waals surface area contributed by atoms with Crippen molar-refractivity contribution in [2.45, 2.75) is 26.2 Å². The first-order chi connectivity index (χ1) is 9.58. The maximum absolute atomic E-state index is 12.7. The van der Waals surface area contributed by atoms with E-state index in [4.69, 9.17) is 0 Å². The average molecular weight is 271 g/mol. The van der Waals surface area contributed by atoms with E-state index in [9.17, 15) is 14.7 Å². The van der Waals surface area contributed by atoms with Crippen LogP contribution in [0, 0.1) is 18.8 Å². The van der Waals surface area contributed by atoms with Crippen molar-refractivity contribution in [1.29, 1.82) is 0 Å². The number of aryl methyl sites for hydroxylation is 1. The second kappa shape index (κ2) is 4.78. The molecular formula is C16H17NO3. The van der Waals surface area contributed by atoms with Crippen LogP contribution in [0.5, 0.6) is 0 Å². The van der Waals surface area contributed by atoms with Crippen molar-refractivity contribution in [3.8, 4) is 0 Å². The number of aromatic nitrogens is 1. The molecule has 1 fully saturated rings. The molecule has 20 heavy (non-hydrogen) atoms. The van der Waals surface area contributed by atoms with Gasteiger partial charge in [-0.1, -0.05) is 18.1 Å². The molecule has 1 aromatic carbocycles. The van der Waals surface area contributed by atoms with Crippen LogP contribution in [-0.2, 0) is 4.79 Å². The summed E-state index contributed by atoms with van der Waals surface area (Å²) in [4.78, 5) is 27.0. The van der Waals surface area contributed by atoms with Crippen molar-refractivity contribution in [2.75, 3.05) is 0 Å². The van der Waals surface area contributed by atoms with Crippen LogP contribution in [0.1, 0.15) is 35.2 Å². The summed E-state index contributed by atoms with van der Waals surface area (Å²) in [5, 5.41) is 10.1. The first kappa shape index (κ1) is 12.9. The molecule has 2 atom stereocenters. The van der Waals surface area contributed by atoms with Gasteiger partial charge in [0.05, 0.1) is 5.92 Å². The largest absolute Gasteiger partial charge is 0.481 e. The van der Waals surface area contributed by atoms with E-state index in [2.05, 4.69) is 4.98 Å². The maximum atomic E-state index is 12.7. The molecule has 0 aliphatic heterocycles. The normalized spacial score (nSPS) is 22.2. The third-order valence-corrected chi connectivity index (χ3v) is 4.27. The Balaban J connectivity index is 2.00. The SMILES string of the molecule is Cc1ccc2[nH]cc(C(=O)C3CCCC3C(=O)O)c2c1. The summed E-state index contributed by atoms with van der Waals surface area (Å²) in [6.45, 7) is 1.98. The zero-order chi connectivity index (χ0) is 14.3. The lowest BCUT2D eigenvalue weighted by molar-refractivity contribution is -0.142. The number of ketones is 1. The molecule has 3 rings (SSSR count). The summed E-state index contributed by atoms with van der Waals surface area (Å²) >= 11 is 0. The lowest BCUT2D eigenvalue weighted by atomic mass is 9.88. The topological polar surface area (TPSA) is 70.2 Å². The number of aromatic amines is 1. The van der Waals surface area contributed by atoms with Crippen molar-refractivity contribution in [3.63, 3.8) is 0 Å². The van der Waals surface area contributed by atoms with Crippen molar-refractivity contribution >= 4 is 22.7 Å². The molecule has 1 aromatic heterocycles. The lowest BCUT2D eigenvalue weighted by Crippen LogP contribution is -2.25. The lowest BCUT2D eigenvalue weighted by Gasteiger charge is -2.13. The van der Waals surface area contributed by atoms with Crippen LogP contribution in [0.3, 0.4) is 0 Å². The Labute approximate surface area is 116 Å². The number of hydrogen-bond donors (Lipinski definition) is 2. The molecule has 4 nitrogen and oxygen atoms in total.